The van der Waals surface area contributed by atoms with Gasteiger partial charge in [0.15, 0.2) is 11.7 Å². The second-order valence-electron chi connectivity index (χ2n) is 9.52. The van der Waals surface area contributed by atoms with Crippen LogP contribution in [0.15, 0.2) is 30.3 Å². The molecule has 2 heterocycles. The van der Waals surface area contributed by atoms with Crippen molar-refractivity contribution in [3.8, 4) is 5.75 Å². The van der Waals surface area contributed by atoms with Gasteiger partial charge < -0.3 is 9.47 Å². The van der Waals surface area contributed by atoms with E-state index in [2.05, 4.69) is 19.2 Å². The van der Waals surface area contributed by atoms with E-state index >= 15 is 0 Å². The fourth-order valence-corrected chi connectivity index (χ4v) is 7.23. The molecule has 1 N–H and O–H groups in total. The van der Waals surface area contributed by atoms with Crippen LogP contribution in [0.4, 0.5) is 5.13 Å². The summed E-state index contributed by atoms with van der Waals surface area (Å²) in [5, 5.41) is 3.52. The van der Waals surface area contributed by atoms with E-state index in [-0.39, 0.29) is 47.8 Å². The van der Waals surface area contributed by atoms with E-state index in [0.29, 0.717) is 16.8 Å². The van der Waals surface area contributed by atoms with Crippen LogP contribution >= 0.6 is 11.3 Å². The number of amides is 1. The Labute approximate surface area is 186 Å². The number of para-hydroxylation sites is 1. The third-order valence-electron chi connectivity index (χ3n) is 7.52. The Hall–Kier alpha value is -2.41. The van der Waals surface area contributed by atoms with E-state index in [0.717, 1.165) is 25.0 Å². The Morgan fingerprint density at radius 1 is 1.29 bits per heavy atom. The summed E-state index contributed by atoms with van der Waals surface area (Å²) in [6.45, 7) is 6.48. The summed E-state index contributed by atoms with van der Waals surface area (Å²) in [5.74, 6) is 1.13. The zero-order chi connectivity index (χ0) is 21.8. The van der Waals surface area contributed by atoms with Crippen LogP contribution in [0.3, 0.4) is 0 Å². The number of rotatable bonds is 4. The molecule has 1 aliphatic heterocycles. The molecule has 6 atom stereocenters. The van der Waals surface area contributed by atoms with Crippen LogP contribution in [-0.2, 0) is 20.7 Å². The number of carbonyl (C=O) groups is 2. The summed E-state index contributed by atoms with van der Waals surface area (Å²) in [6, 6.07) is 9.29. The molecule has 0 spiro atoms. The minimum absolute atomic E-state index is 0.0157. The van der Waals surface area contributed by atoms with Crippen molar-refractivity contribution in [1.82, 2.24) is 4.98 Å². The molecule has 6 nitrogen and oxygen atoms in total. The van der Waals surface area contributed by atoms with Crippen LogP contribution in [-0.4, -0.2) is 29.6 Å². The van der Waals surface area contributed by atoms with Gasteiger partial charge in [0, 0.05) is 22.6 Å². The highest BCUT2D eigenvalue weighted by Crippen LogP contribution is 2.59. The minimum atomic E-state index is -0.218. The number of ether oxygens (including phenoxy) is 2. The van der Waals surface area contributed by atoms with Crippen molar-refractivity contribution in [2.45, 2.75) is 52.1 Å². The first-order valence-electron chi connectivity index (χ1n) is 11.0. The molecular weight excluding hydrogens is 412 g/mol. The van der Waals surface area contributed by atoms with Crippen molar-refractivity contribution in [3.63, 3.8) is 0 Å². The summed E-state index contributed by atoms with van der Waals surface area (Å²) in [4.78, 5) is 30.7. The monoisotopic (exact) mass is 440 g/mol. The number of esters is 1. The van der Waals surface area contributed by atoms with Gasteiger partial charge in [-0.2, -0.15) is 0 Å². The topological polar surface area (TPSA) is 77.5 Å². The lowest BCUT2D eigenvalue weighted by molar-refractivity contribution is -0.149. The molecule has 1 amide bonds. The third-order valence-corrected chi connectivity index (χ3v) is 8.50. The Balaban J connectivity index is 1.32. The van der Waals surface area contributed by atoms with Gasteiger partial charge in [-0.05, 0) is 36.8 Å². The summed E-state index contributed by atoms with van der Waals surface area (Å²) in [5.41, 5.74) is 1.13. The van der Waals surface area contributed by atoms with Gasteiger partial charge in [-0.1, -0.05) is 39.0 Å². The van der Waals surface area contributed by atoms with Gasteiger partial charge in [0.05, 0.1) is 11.6 Å². The lowest BCUT2D eigenvalue weighted by atomic mass is 9.54. The molecule has 2 aromatic rings. The fourth-order valence-electron chi connectivity index (χ4n) is 5.95. The second-order valence-corrected chi connectivity index (χ2v) is 10.6. The van der Waals surface area contributed by atoms with E-state index < -0.39 is 0 Å². The van der Waals surface area contributed by atoms with Gasteiger partial charge in [0.25, 0.3) is 5.91 Å². The lowest BCUT2D eigenvalue weighted by Crippen LogP contribution is -2.50. The average Bonchev–Trinajstić information content (AvgIpc) is 3.26. The summed E-state index contributed by atoms with van der Waals surface area (Å²) in [6.07, 6.45) is 3.02. The van der Waals surface area contributed by atoms with Crippen molar-refractivity contribution in [2.24, 2.45) is 23.2 Å². The quantitative estimate of drug-likeness (QED) is 0.713. The zero-order valence-electron chi connectivity index (χ0n) is 18.1. The number of carbonyl (C=O) groups excluding carboxylic acids is 2. The van der Waals surface area contributed by atoms with Crippen LogP contribution in [0.2, 0.25) is 0 Å². The van der Waals surface area contributed by atoms with Gasteiger partial charge in [-0.25, -0.2) is 4.98 Å². The molecule has 1 aromatic heterocycles. The van der Waals surface area contributed by atoms with E-state index in [4.69, 9.17) is 14.5 Å². The van der Waals surface area contributed by atoms with E-state index in [1.165, 1.54) is 4.88 Å². The van der Waals surface area contributed by atoms with Crippen molar-refractivity contribution < 1.29 is 19.1 Å². The molecule has 0 unspecified atom stereocenters. The van der Waals surface area contributed by atoms with Crippen molar-refractivity contribution in [2.75, 3.05) is 11.9 Å². The van der Waals surface area contributed by atoms with Crippen molar-refractivity contribution >= 4 is 28.3 Å². The van der Waals surface area contributed by atoms with E-state index in [1.54, 1.807) is 11.3 Å². The SMILES string of the molecule is C[C@@H]1C(=O)O[C@H]2[C@H]1CC[C@]1(C)Cc3sc(NC(=O)COc4ccccc4)nc3[C@@H](C)[C@H]21. The smallest absolute Gasteiger partial charge is 0.309 e. The highest BCUT2D eigenvalue weighted by Gasteiger charge is 2.58. The zero-order valence-corrected chi connectivity index (χ0v) is 18.9. The number of nitrogens with one attached hydrogen (secondary N) is 1. The lowest BCUT2D eigenvalue weighted by Gasteiger charge is -2.51. The van der Waals surface area contributed by atoms with Gasteiger partial charge in [0.1, 0.15) is 11.9 Å². The van der Waals surface area contributed by atoms with Gasteiger partial charge in [0.2, 0.25) is 0 Å². The number of hydrogen-bond acceptors (Lipinski definition) is 6. The molecule has 1 saturated carbocycles. The average molecular weight is 441 g/mol. The molecule has 1 saturated heterocycles. The number of fused-ring (bicyclic) bond motifs is 4. The van der Waals surface area contributed by atoms with Crippen LogP contribution in [0.1, 0.15) is 50.1 Å². The molecule has 0 radical (unpaired) electrons. The van der Waals surface area contributed by atoms with E-state index in [9.17, 15) is 9.59 Å². The van der Waals surface area contributed by atoms with Crippen molar-refractivity contribution in [3.05, 3.63) is 40.9 Å². The Morgan fingerprint density at radius 3 is 2.84 bits per heavy atom. The standard InChI is InChI=1S/C24H28N2O4S/c1-13-16-9-10-24(3)11-17-20(14(2)19(24)21(16)30-22(13)28)26-23(31-17)25-18(27)12-29-15-7-5-4-6-8-15/h4-8,13-14,16,19,21H,9-12H2,1-3H3,(H,25,26,27)/t13-,14-,16-,19+,21-,24+/m0/s1. The summed E-state index contributed by atoms with van der Waals surface area (Å²) >= 11 is 1.56. The number of nitrogens with zero attached hydrogens (tertiary/aromatic N) is 1. The maximum absolute atomic E-state index is 12.4. The Bertz CT molecular complexity index is 1010. The molecule has 5 rings (SSSR count). The number of hydrogen-bond donors (Lipinski definition) is 1. The van der Waals surface area contributed by atoms with Crippen LogP contribution in [0.25, 0.3) is 0 Å². The molecule has 1 aromatic carbocycles. The number of thiazole rings is 1. The minimum Gasteiger partial charge on any atom is -0.484 e. The molecule has 31 heavy (non-hydrogen) atoms. The van der Waals surface area contributed by atoms with Gasteiger partial charge >= 0.3 is 5.97 Å². The van der Waals surface area contributed by atoms with Crippen molar-refractivity contribution in [1.29, 1.82) is 0 Å². The normalized spacial score (nSPS) is 33.6. The number of anilines is 1. The first kappa shape index (κ1) is 20.5. The molecule has 3 aliphatic rings. The first-order valence-corrected chi connectivity index (χ1v) is 11.9. The van der Waals surface area contributed by atoms with Crippen LogP contribution in [0, 0.1) is 23.2 Å². The molecule has 0 bridgehead atoms. The molecule has 2 aliphatic carbocycles. The van der Waals surface area contributed by atoms with Crippen LogP contribution < -0.4 is 10.1 Å². The third kappa shape index (κ3) is 3.53. The van der Waals surface area contributed by atoms with E-state index in [1.807, 2.05) is 37.3 Å². The van der Waals surface area contributed by atoms with Gasteiger partial charge in [-0.3, -0.25) is 14.9 Å². The number of benzene rings is 1. The predicted molar refractivity (Wildman–Crippen MR) is 118 cm³/mol. The summed E-state index contributed by atoms with van der Waals surface area (Å²) in [7, 11) is 0. The molecule has 7 heteroatoms. The van der Waals surface area contributed by atoms with Gasteiger partial charge in [-0.15, -0.1) is 11.3 Å². The molecule has 164 valence electrons. The highest BCUT2D eigenvalue weighted by molar-refractivity contribution is 7.15. The predicted octanol–water partition coefficient (Wildman–Crippen LogP) is 4.41. The van der Waals surface area contributed by atoms with Crippen LogP contribution in [0.5, 0.6) is 5.75 Å². The Morgan fingerprint density at radius 2 is 2.06 bits per heavy atom. The first-order chi connectivity index (χ1) is 14.9. The maximum atomic E-state index is 12.4. The molecule has 2 fully saturated rings. The molecular formula is C24H28N2O4S. The Kier molecular flexibility index (Phi) is 5.04. The fraction of sp³-hybridized carbons (Fsp3) is 0.542. The maximum Gasteiger partial charge on any atom is 0.309 e. The second kappa shape index (κ2) is 7.62. The number of aromatic nitrogens is 1. The summed E-state index contributed by atoms with van der Waals surface area (Å²) < 4.78 is 11.4. The largest absolute Gasteiger partial charge is 0.484 e. The highest BCUT2D eigenvalue weighted by atomic mass is 32.1.